The van der Waals surface area contributed by atoms with Crippen LogP contribution in [0.2, 0.25) is 5.02 Å². The van der Waals surface area contributed by atoms with Crippen LogP contribution in [-0.4, -0.2) is 25.8 Å². The molecule has 31 heavy (non-hydrogen) atoms. The van der Waals surface area contributed by atoms with Crippen molar-refractivity contribution in [3.63, 3.8) is 0 Å². The summed E-state index contributed by atoms with van der Waals surface area (Å²) in [5.74, 6) is 0.472. The van der Waals surface area contributed by atoms with Gasteiger partial charge in [-0.25, -0.2) is 15.0 Å². The molecule has 4 rings (SSSR count). The van der Waals surface area contributed by atoms with Crippen LogP contribution >= 0.6 is 11.6 Å². The molecule has 0 spiro atoms. The summed E-state index contributed by atoms with van der Waals surface area (Å²) in [6, 6.07) is 15.7. The minimum Gasteiger partial charge on any atom is -0.340 e. The van der Waals surface area contributed by atoms with E-state index < -0.39 is 11.5 Å². The number of rotatable bonds is 5. The minimum atomic E-state index is -0.552. The normalized spacial score (nSPS) is 10.5. The summed E-state index contributed by atoms with van der Waals surface area (Å²) in [5.41, 5.74) is 2.25. The van der Waals surface area contributed by atoms with Crippen LogP contribution in [0.1, 0.15) is 16.1 Å². The molecule has 0 aliphatic heterocycles. The van der Waals surface area contributed by atoms with Crippen LogP contribution in [0.4, 0.5) is 17.2 Å². The third-order valence-electron chi connectivity index (χ3n) is 4.38. The molecule has 154 valence electrons. The second-order valence-corrected chi connectivity index (χ2v) is 7.12. The molecule has 0 atom stereocenters. The third-order valence-corrected chi connectivity index (χ3v) is 4.63. The molecule has 4 aromatic rings. The zero-order valence-corrected chi connectivity index (χ0v) is 17.1. The first-order valence-electron chi connectivity index (χ1n) is 9.30. The van der Waals surface area contributed by atoms with Crippen LogP contribution in [0.3, 0.4) is 0 Å². The number of aryl methyl sites for hydroxylation is 1. The van der Waals surface area contributed by atoms with Crippen LogP contribution in [0.15, 0.2) is 71.9 Å². The number of nitrogens with one attached hydrogen (secondary N) is 3. The number of aromatic amines is 1. The molecule has 2 aromatic carbocycles. The van der Waals surface area contributed by atoms with Crippen molar-refractivity contribution in [1.29, 1.82) is 0 Å². The second-order valence-electron chi connectivity index (χ2n) is 6.68. The molecule has 2 aromatic heterocycles. The first-order valence-corrected chi connectivity index (χ1v) is 9.68. The smallest absolute Gasteiger partial charge is 0.264 e. The fourth-order valence-electron chi connectivity index (χ4n) is 2.82. The molecule has 0 aliphatic carbocycles. The largest absolute Gasteiger partial charge is 0.340 e. The Morgan fingerprint density at radius 3 is 2.35 bits per heavy atom. The summed E-state index contributed by atoms with van der Waals surface area (Å²) in [5, 5.41) is 6.43. The Morgan fingerprint density at radius 2 is 1.68 bits per heavy atom. The van der Waals surface area contributed by atoms with E-state index in [-0.39, 0.29) is 5.56 Å². The van der Waals surface area contributed by atoms with E-state index in [0.29, 0.717) is 27.9 Å². The first kappa shape index (κ1) is 20.2. The molecule has 0 saturated carbocycles. The van der Waals surface area contributed by atoms with E-state index in [2.05, 4.69) is 30.6 Å². The van der Waals surface area contributed by atoms with Crippen LogP contribution in [-0.2, 0) is 0 Å². The Hall–Kier alpha value is -4.04. The van der Waals surface area contributed by atoms with Crippen molar-refractivity contribution >= 4 is 34.7 Å². The number of hydrogen-bond donors (Lipinski definition) is 3. The molecule has 0 bridgehead atoms. The highest BCUT2D eigenvalue weighted by molar-refractivity contribution is 6.30. The quantitative estimate of drug-likeness (QED) is 0.436. The number of carbonyl (C=O) groups excluding carboxylic acids is 1. The van der Waals surface area contributed by atoms with Crippen molar-refractivity contribution in [3.8, 4) is 11.4 Å². The Bertz CT molecular complexity index is 1290. The Kier molecular flexibility index (Phi) is 5.72. The van der Waals surface area contributed by atoms with Crippen molar-refractivity contribution in [3.05, 3.63) is 93.8 Å². The zero-order valence-electron chi connectivity index (χ0n) is 16.4. The highest BCUT2D eigenvalue weighted by Crippen LogP contribution is 2.19. The topological polar surface area (TPSA) is 113 Å². The van der Waals surface area contributed by atoms with Gasteiger partial charge in [-0.1, -0.05) is 11.6 Å². The number of benzene rings is 2. The van der Waals surface area contributed by atoms with Crippen molar-refractivity contribution < 1.29 is 4.79 Å². The van der Waals surface area contributed by atoms with Gasteiger partial charge in [0, 0.05) is 39.9 Å². The Labute approximate surface area is 182 Å². The van der Waals surface area contributed by atoms with E-state index in [4.69, 9.17) is 11.6 Å². The lowest BCUT2D eigenvalue weighted by atomic mass is 10.2. The van der Waals surface area contributed by atoms with E-state index in [1.54, 1.807) is 48.5 Å². The third kappa shape index (κ3) is 4.93. The molecule has 0 saturated heterocycles. The Morgan fingerprint density at radius 1 is 0.968 bits per heavy atom. The van der Waals surface area contributed by atoms with Crippen LogP contribution in [0.25, 0.3) is 11.4 Å². The average molecular weight is 433 g/mol. The van der Waals surface area contributed by atoms with E-state index in [1.165, 1.54) is 12.5 Å². The fourth-order valence-corrected chi connectivity index (χ4v) is 2.94. The standard InChI is InChI=1S/C22H17ClN6O2/c1-13-10-19(26-12-25-13)27-16-6-8-17(9-7-16)28-21(30)18-11-24-20(29-22(18)31)14-2-4-15(23)5-3-14/h2-12H,1H3,(H,28,30)(H,24,29,31)(H,25,26,27). The van der Waals surface area contributed by atoms with Gasteiger partial charge >= 0.3 is 0 Å². The van der Waals surface area contributed by atoms with Crippen LogP contribution in [0, 0.1) is 6.92 Å². The molecule has 0 fully saturated rings. The van der Waals surface area contributed by atoms with Crippen molar-refractivity contribution in [2.75, 3.05) is 10.6 Å². The number of H-pyrrole nitrogens is 1. The average Bonchev–Trinajstić information content (AvgIpc) is 2.75. The van der Waals surface area contributed by atoms with Gasteiger partial charge in [0.25, 0.3) is 11.5 Å². The number of hydrogen-bond acceptors (Lipinski definition) is 6. The predicted octanol–water partition coefficient (Wildman–Crippen LogP) is 4.18. The van der Waals surface area contributed by atoms with Gasteiger partial charge in [0.05, 0.1) is 0 Å². The molecule has 1 amide bonds. The fraction of sp³-hybridized carbons (Fsp3) is 0.0455. The molecule has 0 aliphatic rings. The molecular weight excluding hydrogens is 416 g/mol. The number of amides is 1. The number of halogens is 1. The molecule has 8 nitrogen and oxygen atoms in total. The summed E-state index contributed by atoms with van der Waals surface area (Å²) in [4.78, 5) is 39.9. The minimum absolute atomic E-state index is 0.0867. The second kappa shape index (κ2) is 8.76. The summed E-state index contributed by atoms with van der Waals surface area (Å²) < 4.78 is 0. The maximum absolute atomic E-state index is 12.5. The maximum Gasteiger partial charge on any atom is 0.264 e. The van der Waals surface area contributed by atoms with Gasteiger partial charge in [-0.15, -0.1) is 0 Å². The number of carbonyl (C=O) groups is 1. The van der Waals surface area contributed by atoms with Gasteiger partial charge in [-0.3, -0.25) is 9.59 Å². The van der Waals surface area contributed by atoms with E-state index in [1.807, 2.05) is 13.0 Å². The summed E-state index contributed by atoms with van der Waals surface area (Å²) >= 11 is 5.88. The SMILES string of the molecule is Cc1cc(Nc2ccc(NC(=O)c3cnc(-c4ccc(Cl)cc4)[nH]c3=O)cc2)ncn1. The highest BCUT2D eigenvalue weighted by atomic mass is 35.5. The molecule has 0 radical (unpaired) electrons. The highest BCUT2D eigenvalue weighted by Gasteiger charge is 2.13. The number of anilines is 3. The van der Waals surface area contributed by atoms with Gasteiger partial charge in [-0.2, -0.15) is 0 Å². The molecule has 9 heteroatoms. The van der Waals surface area contributed by atoms with Crippen LogP contribution < -0.4 is 16.2 Å². The van der Waals surface area contributed by atoms with E-state index >= 15 is 0 Å². The zero-order chi connectivity index (χ0) is 21.8. The number of aromatic nitrogens is 4. The van der Waals surface area contributed by atoms with E-state index in [0.717, 1.165) is 11.4 Å². The maximum atomic E-state index is 12.5. The summed E-state index contributed by atoms with van der Waals surface area (Å²) in [7, 11) is 0. The number of nitrogens with zero attached hydrogens (tertiary/aromatic N) is 3. The van der Waals surface area contributed by atoms with E-state index in [9.17, 15) is 9.59 Å². The van der Waals surface area contributed by atoms with Crippen molar-refractivity contribution in [1.82, 2.24) is 19.9 Å². The van der Waals surface area contributed by atoms with Gasteiger partial charge < -0.3 is 15.6 Å². The van der Waals surface area contributed by atoms with Gasteiger partial charge in [0.15, 0.2) is 0 Å². The van der Waals surface area contributed by atoms with Crippen LogP contribution in [0.5, 0.6) is 0 Å². The lowest BCUT2D eigenvalue weighted by Crippen LogP contribution is -2.24. The monoisotopic (exact) mass is 432 g/mol. The summed E-state index contributed by atoms with van der Waals surface area (Å²) in [6.07, 6.45) is 2.74. The lowest BCUT2D eigenvalue weighted by Gasteiger charge is -2.08. The molecule has 3 N–H and O–H groups in total. The molecule has 0 unspecified atom stereocenters. The van der Waals surface area contributed by atoms with Gasteiger partial charge in [0.2, 0.25) is 0 Å². The predicted molar refractivity (Wildman–Crippen MR) is 120 cm³/mol. The van der Waals surface area contributed by atoms with Gasteiger partial charge in [0.1, 0.15) is 23.5 Å². The van der Waals surface area contributed by atoms with Crippen molar-refractivity contribution in [2.24, 2.45) is 0 Å². The first-order chi connectivity index (χ1) is 15.0. The lowest BCUT2D eigenvalue weighted by molar-refractivity contribution is 0.102. The van der Waals surface area contributed by atoms with Crippen molar-refractivity contribution in [2.45, 2.75) is 6.92 Å². The van der Waals surface area contributed by atoms with Gasteiger partial charge in [-0.05, 0) is 55.5 Å². The molecule has 2 heterocycles. The Balaban J connectivity index is 1.45. The molecular formula is C22H17ClN6O2. The summed E-state index contributed by atoms with van der Waals surface area (Å²) in [6.45, 7) is 1.88.